The molecular weight excluding hydrogens is 457 g/mol. The summed E-state index contributed by atoms with van der Waals surface area (Å²) in [6.45, 7) is 3.47. The summed E-state index contributed by atoms with van der Waals surface area (Å²) in [4.78, 5) is 35.4. The van der Waals surface area contributed by atoms with Gasteiger partial charge in [-0.15, -0.1) is 0 Å². The molecule has 0 unspecified atom stereocenters. The minimum atomic E-state index is -4.68. The van der Waals surface area contributed by atoms with Gasteiger partial charge in [0.1, 0.15) is 11.5 Å². The molecule has 0 bridgehead atoms. The molecule has 1 aromatic carbocycles. The molecule has 1 aliphatic carbocycles. The van der Waals surface area contributed by atoms with E-state index in [1.54, 1.807) is 32.0 Å². The van der Waals surface area contributed by atoms with Crippen LogP contribution in [0.4, 0.5) is 13.2 Å². The van der Waals surface area contributed by atoms with Gasteiger partial charge in [0.05, 0.1) is 17.0 Å². The van der Waals surface area contributed by atoms with E-state index in [-0.39, 0.29) is 35.5 Å². The highest BCUT2D eigenvalue weighted by molar-refractivity contribution is 5.78. The van der Waals surface area contributed by atoms with Crippen molar-refractivity contribution in [2.45, 2.75) is 39.4 Å². The molecule has 1 aliphatic rings. The molecule has 2 aromatic heterocycles. The number of hydrogen-bond donors (Lipinski definition) is 2. The van der Waals surface area contributed by atoms with Crippen molar-refractivity contribution >= 4 is 5.91 Å². The fraction of sp³-hybridized carbons (Fsp3) is 0.308. The van der Waals surface area contributed by atoms with Crippen LogP contribution in [0.15, 0.2) is 47.3 Å². The van der Waals surface area contributed by atoms with E-state index >= 15 is 0 Å². The summed E-state index contributed by atoms with van der Waals surface area (Å²) in [5, 5.41) is 2.68. The molecule has 1 amide bonds. The lowest BCUT2D eigenvalue weighted by Crippen LogP contribution is -2.27. The van der Waals surface area contributed by atoms with Gasteiger partial charge >= 0.3 is 6.18 Å². The number of aromatic amines is 1. The van der Waals surface area contributed by atoms with Crippen LogP contribution in [-0.2, 0) is 17.5 Å². The Morgan fingerprint density at radius 3 is 2.60 bits per heavy atom. The van der Waals surface area contributed by atoms with Crippen LogP contribution in [0.25, 0.3) is 22.8 Å². The van der Waals surface area contributed by atoms with Crippen LogP contribution in [-0.4, -0.2) is 20.9 Å². The zero-order chi connectivity index (χ0) is 25.2. The maximum atomic E-state index is 13.8. The number of amides is 1. The highest BCUT2D eigenvalue weighted by Crippen LogP contribution is 2.36. The normalized spacial score (nSPS) is 13.3. The smallest absolute Gasteiger partial charge is 0.352 e. The monoisotopic (exact) mass is 480 g/mol. The Kier molecular flexibility index (Phi) is 6.74. The minimum absolute atomic E-state index is 0.0370. The third-order valence-electron chi connectivity index (χ3n) is 5.37. The van der Waals surface area contributed by atoms with Crippen LogP contribution in [0.5, 0.6) is 0 Å². The van der Waals surface area contributed by atoms with E-state index in [4.69, 9.17) is 0 Å². The Hall–Kier alpha value is -3.93. The quantitative estimate of drug-likeness (QED) is 0.525. The fourth-order valence-electron chi connectivity index (χ4n) is 3.30. The topological polar surface area (TPSA) is 87.7 Å². The second kappa shape index (κ2) is 9.74. The van der Waals surface area contributed by atoms with Crippen LogP contribution in [0.2, 0.25) is 0 Å². The molecule has 1 saturated carbocycles. The van der Waals surface area contributed by atoms with Crippen molar-refractivity contribution in [3.8, 4) is 34.6 Å². The minimum Gasteiger partial charge on any atom is -0.352 e. The lowest BCUT2D eigenvalue weighted by Gasteiger charge is -2.15. The molecule has 0 aliphatic heterocycles. The van der Waals surface area contributed by atoms with Gasteiger partial charge in [-0.05, 0) is 48.6 Å². The van der Waals surface area contributed by atoms with Crippen LogP contribution in [0.1, 0.15) is 43.5 Å². The summed E-state index contributed by atoms with van der Waals surface area (Å²) in [5.41, 5.74) is -0.471. The van der Waals surface area contributed by atoms with E-state index < -0.39 is 17.3 Å². The highest BCUT2D eigenvalue weighted by Gasteiger charge is 2.34. The number of nitrogens with one attached hydrogen (secondary N) is 2. The van der Waals surface area contributed by atoms with E-state index in [9.17, 15) is 22.8 Å². The first-order valence-electron chi connectivity index (χ1n) is 11.2. The average molecular weight is 480 g/mol. The molecule has 0 spiro atoms. The van der Waals surface area contributed by atoms with Crippen molar-refractivity contribution < 1.29 is 18.0 Å². The van der Waals surface area contributed by atoms with Gasteiger partial charge in [0.15, 0.2) is 0 Å². The van der Waals surface area contributed by atoms with Crippen LogP contribution >= 0.6 is 0 Å². The van der Waals surface area contributed by atoms with E-state index in [2.05, 4.69) is 32.1 Å². The van der Waals surface area contributed by atoms with Crippen molar-refractivity contribution in [3.05, 3.63) is 69.6 Å². The second-order valence-corrected chi connectivity index (χ2v) is 8.68. The van der Waals surface area contributed by atoms with Crippen molar-refractivity contribution in [3.63, 3.8) is 0 Å². The SMILES string of the molecule is CC(C)C(=O)NCc1ccc(C(F)(F)F)c(-c2nc(-c3cccc(C#CC4CC4)n3)cc(=O)[nH]2)c1. The lowest BCUT2D eigenvalue weighted by molar-refractivity contribution is -0.137. The van der Waals surface area contributed by atoms with E-state index in [1.165, 1.54) is 18.2 Å². The third kappa shape index (κ3) is 6.15. The van der Waals surface area contributed by atoms with Crippen molar-refractivity contribution in [2.75, 3.05) is 0 Å². The molecule has 2 N–H and O–H groups in total. The fourth-order valence-corrected chi connectivity index (χ4v) is 3.30. The van der Waals surface area contributed by atoms with Crippen molar-refractivity contribution in [1.29, 1.82) is 0 Å². The van der Waals surface area contributed by atoms with Crippen molar-refractivity contribution in [2.24, 2.45) is 11.8 Å². The summed E-state index contributed by atoms with van der Waals surface area (Å²) in [7, 11) is 0. The Balaban J connectivity index is 1.74. The summed E-state index contributed by atoms with van der Waals surface area (Å²) < 4.78 is 41.4. The summed E-state index contributed by atoms with van der Waals surface area (Å²) in [6, 6.07) is 9.73. The van der Waals surface area contributed by atoms with Gasteiger partial charge in [0, 0.05) is 30.0 Å². The Morgan fingerprint density at radius 1 is 1.14 bits per heavy atom. The average Bonchev–Trinajstić information content (AvgIpc) is 3.65. The summed E-state index contributed by atoms with van der Waals surface area (Å²) in [6.07, 6.45) is -2.55. The first-order valence-corrected chi connectivity index (χ1v) is 11.2. The number of nitrogens with zero attached hydrogens (tertiary/aromatic N) is 2. The summed E-state index contributed by atoms with van der Waals surface area (Å²) in [5.74, 6) is 5.73. The molecule has 35 heavy (non-hydrogen) atoms. The molecule has 0 atom stereocenters. The van der Waals surface area contributed by atoms with Gasteiger partial charge < -0.3 is 10.3 Å². The molecule has 4 rings (SSSR count). The number of pyridine rings is 1. The van der Waals surface area contributed by atoms with Gasteiger partial charge in [-0.1, -0.05) is 31.9 Å². The predicted molar refractivity (Wildman–Crippen MR) is 125 cm³/mol. The zero-order valence-electron chi connectivity index (χ0n) is 19.2. The largest absolute Gasteiger partial charge is 0.417 e. The van der Waals surface area contributed by atoms with Gasteiger partial charge in [-0.3, -0.25) is 9.59 Å². The highest BCUT2D eigenvalue weighted by atomic mass is 19.4. The molecule has 0 radical (unpaired) electrons. The van der Waals surface area contributed by atoms with Gasteiger partial charge in [0.25, 0.3) is 5.56 Å². The number of H-pyrrole nitrogens is 1. The number of carbonyl (C=O) groups excluding carboxylic acids is 1. The van der Waals surface area contributed by atoms with Crippen molar-refractivity contribution in [1.82, 2.24) is 20.3 Å². The Labute approximate surface area is 200 Å². The number of rotatable bonds is 5. The summed E-state index contributed by atoms with van der Waals surface area (Å²) >= 11 is 0. The molecule has 6 nitrogen and oxygen atoms in total. The van der Waals surface area contributed by atoms with Crippen LogP contribution in [0.3, 0.4) is 0 Å². The number of hydrogen-bond acceptors (Lipinski definition) is 4. The Morgan fingerprint density at radius 2 is 1.91 bits per heavy atom. The number of halogens is 3. The second-order valence-electron chi connectivity index (χ2n) is 8.68. The first kappa shape index (κ1) is 24.2. The molecule has 2 heterocycles. The molecule has 180 valence electrons. The number of alkyl halides is 3. The number of aromatic nitrogens is 3. The molecule has 9 heteroatoms. The van der Waals surface area contributed by atoms with Gasteiger partial charge in [-0.25, -0.2) is 9.97 Å². The predicted octanol–water partition coefficient (Wildman–Crippen LogP) is 4.55. The zero-order valence-corrected chi connectivity index (χ0v) is 19.2. The molecule has 0 saturated heterocycles. The Bertz CT molecular complexity index is 1380. The molecular formula is C26H23F3N4O2. The first-order chi connectivity index (χ1) is 16.6. The third-order valence-corrected chi connectivity index (χ3v) is 5.37. The maximum absolute atomic E-state index is 13.8. The van der Waals surface area contributed by atoms with E-state index in [0.717, 1.165) is 18.9 Å². The van der Waals surface area contributed by atoms with Gasteiger partial charge in [-0.2, -0.15) is 13.2 Å². The van der Waals surface area contributed by atoms with E-state index in [1.807, 2.05) is 0 Å². The van der Waals surface area contributed by atoms with Gasteiger partial charge in [0.2, 0.25) is 5.91 Å². The standard InChI is InChI=1S/C26H23F3N4O2/c1-15(2)25(35)30-14-17-9-11-20(26(27,28)29)19(12-17)24-32-22(13-23(34)33-24)21-5-3-4-18(31-21)10-8-16-6-7-16/h3-5,9,11-13,15-16H,6-7,14H2,1-2H3,(H,30,35)(H,32,33,34). The number of benzene rings is 1. The maximum Gasteiger partial charge on any atom is 0.417 e. The van der Waals surface area contributed by atoms with E-state index in [0.29, 0.717) is 22.9 Å². The lowest BCUT2D eigenvalue weighted by atomic mass is 10.0. The molecule has 1 fully saturated rings. The van der Waals surface area contributed by atoms with Crippen LogP contribution in [0, 0.1) is 23.7 Å². The molecule has 3 aromatic rings. The van der Waals surface area contributed by atoms with Crippen LogP contribution < -0.4 is 10.9 Å². The number of carbonyl (C=O) groups is 1.